The van der Waals surface area contributed by atoms with E-state index in [1.165, 1.54) is 19.3 Å². The summed E-state index contributed by atoms with van der Waals surface area (Å²) < 4.78 is 5.50. The van der Waals surface area contributed by atoms with Crippen molar-refractivity contribution < 1.29 is 9.53 Å². The molecule has 0 radical (unpaired) electrons. The molecule has 2 saturated carbocycles. The van der Waals surface area contributed by atoms with Crippen molar-refractivity contribution in [3.63, 3.8) is 0 Å². The molecule has 132 valence electrons. The summed E-state index contributed by atoms with van der Waals surface area (Å²) >= 11 is 0. The number of ketones is 1. The van der Waals surface area contributed by atoms with Crippen LogP contribution in [-0.2, 0) is 9.53 Å². The summed E-state index contributed by atoms with van der Waals surface area (Å²) in [4.78, 5) is 12.9. The second-order valence-electron chi connectivity index (χ2n) is 9.05. The Balaban J connectivity index is 1.61. The highest BCUT2D eigenvalue weighted by atomic mass is 16.5. The molecule has 0 aromatic heterocycles. The highest BCUT2D eigenvalue weighted by Crippen LogP contribution is 2.61. The van der Waals surface area contributed by atoms with Crippen LogP contribution in [0.5, 0.6) is 0 Å². The second kappa shape index (κ2) is 6.04. The number of hydrogen-bond donors (Lipinski definition) is 0. The molecule has 0 saturated heterocycles. The van der Waals surface area contributed by atoms with Crippen LogP contribution in [0.15, 0.2) is 23.0 Å². The van der Waals surface area contributed by atoms with Crippen LogP contribution >= 0.6 is 0 Å². The Morgan fingerprint density at radius 3 is 2.83 bits per heavy atom. The minimum atomic E-state index is 0.0373. The quantitative estimate of drug-likeness (QED) is 0.645. The van der Waals surface area contributed by atoms with Gasteiger partial charge in [-0.05, 0) is 74.7 Å². The Morgan fingerprint density at radius 2 is 2.08 bits per heavy atom. The normalized spacial score (nSPS) is 38.6. The molecule has 4 atom stereocenters. The highest BCUT2D eigenvalue weighted by molar-refractivity contribution is 5.87. The first-order chi connectivity index (χ1) is 11.5. The van der Waals surface area contributed by atoms with E-state index in [2.05, 4.69) is 19.9 Å². The summed E-state index contributed by atoms with van der Waals surface area (Å²) in [6.45, 7) is 4.59. The number of rotatable bonds is 3. The summed E-state index contributed by atoms with van der Waals surface area (Å²) in [5.74, 6) is 4.57. The molecule has 4 aliphatic carbocycles. The Kier molecular flexibility index (Phi) is 4.13. The van der Waals surface area contributed by atoms with Gasteiger partial charge in [0, 0.05) is 18.3 Å². The summed E-state index contributed by atoms with van der Waals surface area (Å²) in [5, 5.41) is 0. The number of hydrogen-bond acceptors (Lipinski definition) is 2. The van der Waals surface area contributed by atoms with Crippen molar-refractivity contribution in [1.82, 2.24) is 0 Å². The minimum Gasteiger partial charge on any atom is -0.501 e. The van der Waals surface area contributed by atoms with Crippen LogP contribution in [0, 0.1) is 29.1 Å². The number of carbonyl (C=O) groups excluding carboxylic acids is 1. The van der Waals surface area contributed by atoms with Gasteiger partial charge in [0.25, 0.3) is 0 Å². The van der Waals surface area contributed by atoms with E-state index >= 15 is 0 Å². The van der Waals surface area contributed by atoms with E-state index in [1.54, 1.807) is 18.3 Å². The van der Waals surface area contributed by atoms with Gasteiger partial charge in [-0.25, -0.2) is 0 Å². The fourth-order valence-corrected chi connectivity index (χ4v) is 6.73. The van der Waals surface area contributed by atoms with Crippen molar-refractivity contribution >= 4 is 5.78 Å². The SMILES string of the molecule is COC1=CCC2=C(CC[C@@H]3[C@@H]2CC[C@]2(CC(C)C)C(=O)CC[C@@H]32)C1. The third-order valence-electron chi connectivity index (χ3n) is 7.54. The molecule has 0 aromatic rings. The molecule has 4 rings (SSSR count). The van der Waals surface area contributed by atoms with Gasteiger partial charge in [-0.15, -0.1) is 0 Å². The standard InChI is InChI=1S/C22H32O2/c1-14(2)13-22-11-10-18-17-7-5-16(24-3)12-15(17)4-6-19(18)20(22)8-9-21(22)23/h5,14,18-20H,4,6-13H2,1-3H3/t18-,19-,20+,22-/m1/s1. The Bertz CT molecular complexity index is 597. The highest BCUT2D eigenvalue weighted by Gasteiger charge is 2.57. The monoisotopic (exact) mass is 328 g/mol. The van der Waals surface area contributed by atoms with Crippen LogP contribution < -0.4 is 0 Å². The molecule has 0 N–H and O–H groups in total. The van der Waals surface area contributed by atoms with E-state index in [-0.39, 0.29) is 5.41 Å². The van der Waals surface area contributed by atoms with Crippen molar-refractivity contribution in [1.29, 1.82) is 0 Å². The third kappa shape index (κ3) is 2.40. The van der Waals surface area contributed by atoms with Gasteiger partial charge in [0.05, 0.1) is 12.9 Å². The average molecular weight is 328 g/mol. The fourth-order valence-electron chi connectivity index (χ4n) is 6.73. The van der Waals surface area contributed by atoms with Gasteiger partial charge in [0.15, 0.2) is 0 Å². The van der Waals surface area contributed by atoms with E-state index in [1.807, 2.05) is 0 Å². The van der Waals surface area contributed by atoms with Gasteiger partial charge < -0.3 is 4.74 Å². The number of ether oxygens (including phenoxy) is 1. The zero-order valence-corrected chi connectivity index (χ0v) is 15.6. The zero-order chi connectivity index (χ0) is 16.9. The lowest BCUT2D eigenvalue weighted by Crippen LogP contribution is -2.46. The molecule has 0 spiro atoms. The Labute approximate surface area is 146 Å². The maximum Gasteiger partial charge on any atom is 0.139 e. The van der Waals surface area contributed by atoms with E-state index in [4.69, 9.17) is 4.74 Å². The van der Waals surface area contributed by atoms with Crippen LogP contribution in [0.2, 0.25) is 0 Å². The molecule has 2 heteroatoms. The van der Waals surface area contributed by atoms with Gasteiger partial charge >= 0.3 is 0 Å². The molecule has 0 aromatic carbocycles. The molecular formula is C22H32O2. The van der Waals surface area contributed by atoms with Crippen LogP contribution in [0.25, 0.3) is 0 Å². The minimum absolute atomic E-state index is 0.0373. The maximum absolute atomic E-state index is 12.9. The molecule has 0 heterocycles. The predicted octanol–water partition coefficient (Wildman–Crippen LogP) is 5.44. The van der Waals surface area contributed by atoms with Crippen LogP contribution in [-0.4, -0.2) is 12.9 Å². The molecule has 0 bridgehead atoms. The largest absolute Gasteiger partial charge is 0.501 e. The molecule has 0 amide bonds. The molecule has 0 unspecified atom stereocenters. The number of fused-ring (bicyclic) bond motifs is 4. The van der Waals surface area contributed by atoms with Gasteiger partial charge in [0.2, 0.25) is 0 Å². The van der Waals surface area contributed by atoms with Gasteiger partial charge in [-0.3, -0.25) is 4.79 Å². The molecular weight excluding hydrogens is 296 g/mol. The summed E-state index contributed by atoms with van der Waals surface area (Å²) in [7, 11) is 1.80. The van der Waals surface area contributed by atoms with Gasteiger partial charge in [-0.2, -0.15) is 0 Å². The average Bonchev–Trinajstić information content (AvgIpc) is 2.90. The topological polar surface area (TPSA) is 26.3 Å². The van der Waals surface area contributed by atoms with Crippen molar-refractivity contribution in [3.05, 3.63) is 23.0 Å². The summed E-state index contributed by atoms with van der Waals surface area (Å²) in [5.41, 5.74) is 3.43. The van der Waals surface area contributed by atoms with Crippen LogP contribution in [0.1, 0.15) is 71.6 Å². The summed E-state index contributed by atoms with van der Waals surface area (Å²) in [6.07, 6.45) is 12.5. The number of allylic oxidation sites excluding steroid dienone is 3. The zero-order valence-electron chi connectivity index (χ0n) is 15.6. The van der Waals surface area contributed by atoms with E-state index in [0.29, 0.717) is 17.6 Å². The number of carbonyl (C=O) groups is 1. The Hall–Kier alpha value is -1.05. The lowest BCUT2D eigenvalue weighted by atomic mass is 9.52. The first-order valence-electron chi connectivity index (χ1n) is 10.0. The summed E-state index contributed by atoms with van der Waals surface area (Å²) in [6, 6.07) is 0. The van der Waals surface area contributed by atoms with Gasteiger partial charge in [-0.1, -0.05) is 25.0 Å². The lowest BCUT2D eigenvalue weighted by molar-refractivity contribution is -0.132. The molecule has 2 nitrogen and oxygen atoms in total. The molecule has 4 aliphatic rings. The smallest absolute Gasteiger partial charge is 0.139 e. The van der Waals surface area contributed by atoms with Crippen molar-refractivity contribution in [2.24, 2.45) is 29.1 Å². The fraction of sp³-hybridized carbons (Fsp3) is 0.773. The number of Topliss-reactive ketones (excluding diaryl/α,β-unsaturated/α-hetero) is 1. The first kappa shape index (κ1) is 16.4. The van der Waals surface area contributed by atoms with E-state index in [9.17, 15) is 4.79 Å². The van der Waals surface area contributed by atoms with Crippen LogP contribution in [0.4, 0.5) is 0 Å². The van der Waals surface area contributed by atoms with E-state index in [0.717, 1.165) is 56.1 Å². The van der Waals surface area contributed by atoms with Crippen molar-refractivity contribution in [2.45, 2.75) is 71.6 Å². The second-order valence-corrected chi connectivity index (χ2v) is 9.05. The predicted molar refractivity (Wildman–Crippen MR) is 96.4 cm³/mol. The molecule has 24 heavy (non-hydrogen) atoms. The van der Waals surface area contributed by atoms with Crippen molar-refractivity contribution in [2.75, 3.05) is 7.11 Å². The third-order valence-corrected chi connectivity index (χ3v) is 7.54. The van der Waals surface area contributed by atoms with Gasteiger partial charge in [0.1, 0.15) is 5.78 Å². The molecule has 2 fully saturated rings. The van der Waals surface area contributed by atoms with Crippen molar-refractivity contribution in [3.8, 4) is 0 Å². The van der Waals surface area contributed by atoms with E-state index < -0.39 is 0 Å². The molecule has 0 aliphatic heterocycles. The maximum atomic E-state index is 12.9. The van der Waals surface area contributed by atoms with Crippen LogP contribution in [0.3, 0.4) is 0 Å². The first-order valence-corrected chi connectivity index (χ1v) is 10.0. The number of methoxy groups -OCH3 is 1. The Morgan fingerprint density at radius 1 is 1.25 bits per heavy atom. The lowest BCUT2D eigenvalue weighted by Gasteiger charge is -2.51.